The Labute approximate surface area is 131 Å². The molecule has 1 aromatic carbocycles. The molecule has 0 amide bonds. The number of phenols is 1. The molecule has 2 aromatic heterocycles. The topological polar surface area (TPSA) is 76.4 Å². The Morgan fingerprint density at radius 1 is 1.41 bits per heavy atom. The molecular weight excluding hydrogens is 307 g/mol. The number of rotatable bonds is 2. The van der Waals surface area contributed by atoms with Gasteiger partial charge in [0, 0.05) is 29.9 Å². The van der Waals surface area contributed by atoms with Crippen LogP contribution in [0.25, 0.3) is 5.52 Å². The van der Waals surface area contributed by atoms with Gasteiger partial charge in [-0.05, 0) is 19.9 Å². The highest BCUT2D eigenvalue weighted by Crippen LogP contribution is 2.32. The molecular formula is C15H14ClFN4O. The monoisotopic (exact) mass is 320 g/mol. The van der Waals surface area contributed by atoms with Crippen LogP contribution < -0.4 is 5.73 Å². The molecule has 0 radical (unpaired) electrons. The lowest BCUT2D eigenvalue weighted by molar-refractivity contribution is 0.456. The molecule has 0 atom stereocenters. The van der Waals surface area contributed by atoms with Crippen molar-refractivity contribution in [1.29, 1.82) is 0 Å². The maximum atomic E-state index is 13.7. The van der Waals surface area contributed by atoms with Gasteiger partial charge in [0.05, 0.1) is 10.7 Å². The fraction of sp³-hybridized carbons (Fsp3) is 0.200. The first kappa shape index (κ1) is 14.6. The number of nitrogens with two attached hydrogens (primary N) is 1. The summed E-state index contributed by atoms with van der Waals surface area (Å²) < 4.78 is 15.5. The number of hydrogen-bond acceptors (Lipinski definition) is 4. The summed E-state index contributed by atoms with van der Waals surface area (Å²) >= 11 is 5.86. The molecule has 0 bridgehead atoms. The van der Waals surface area contributed by atoms with Crippen LogP contribution in [0, 0.1) is 19.7 Å². The fourth-order valence-electron chi connectivity index (χ4n) is 2.55. The maximum absolute atomic E-state index is 13.7. The second kappa shape index (κ2) is 5.14. The summed E-state index contributed by atoms with van der Waals surface area (Å²) in [6.07, 6.45) is 3.62. The number of aryl methyl sites for hydroxylation is 1. The van der Waals surface area contributed by atoms with Crippen LogP contribution in [0.1, 0.15) is 22.6 Å². The maximum Gasteiger partial charge on any atom is 0.149 e. The number of benzene rings is 1. The zero-order valence-electron chi connectivity index (χ0n) is 12.1. The minimum Gasteiger partial charge on any atom is -0.507 e. The van der Waals surface area contributed by atoms with Gasteiger partial charge < -0.3 is 10.8 Å². The predicted molar refractivity (Wildman–Crippen MR) is 82.8 cm³/mol. The van der Waals surface area contributed by atoms with E-state index in [0.29, 0.717) is 23.6 Å². The third-order valence-corrected chi connectivity index (χ3v) is 3.95. The molecule has 0 aliphatic rings. The molecule has 22 heavy (non-hydrogen) atoms. The van der Waals surface area contributed by atoms with E-state index in [0.717, 1.165) is 11.2 Å². The lowest BCUT2D eigenvalue weighted by atomic mass is 10.1. The van der Waals surface area contributed by atoms with E-state index >= 15 is 0 Å². The molecule has 2 heterocycles. The van der Waals surface area contributed by atoms with E-state index < -0.39 is 5.82 Å². The molecule has 3 aromatic rings. The first-order chi connectivity index (χ1) is 10.4. The summed E-state index contributed by atoms with van der Waals surface area (Å²) in [6, 6.07) is 1.42. The Morgan fingerprint density at radius 2 is 2.14 bits per heavy atom. The second-order valence-corrected chi connectivity index (χ2v) is 5.53. The Bertz CT molecular complexity index is 891. The lowest BCUT2D eigenvalue weighted by Crippen LogP contribution is -2.01. The third kappa shape index (κ3) is 2.16. The van der Waals surface area contributed by atoms with Gasteiger partial charge in [-0.2, -0.15) is 0 Å². The van der Waals surface area contributed by atoms with E-state index in [2.05, 4.69) is 9.97 Å². The van der Waals surface area contributed by atoms with Crippen LogP contribution >= 0.6 is 11.6 Å². The van der Waals surface area contributed by atoms with Crippen molar-refractivity contribution in [1.82, 2.24) is 14.4 Å². The van der Waals surface area contributed by atoms with Crippen LogP contribution in [0.4, 0.5) is 10.2 Å². The standard InChI is InChI=1S/C15H14ClFN4O/c1-7-12(17)10(16)5-9(14(7)22)6-11-20-8(2)13-15(18)19-3-4-21(11)13/h3-5,22H,6H2,1-2H3,(H2,18,19). The van der Waals surface area contributed by atoms with Crippen LogP contribution in [-0.4, -0.2) is 19.5 Å². The van der Waals surface area contributed by atoms with Gasteiger partial charge in [0.15, 0.2) is 0 Å². The van der Waals surface area contributed by atoms with Gasteiger partial charge in [0.25, 0.3) is 0 Å². The molecule has 0 saturated carbocycles. The minimum atomic E-state index is -0.611. The number of nitrogens with zero attached hydrogens (tertiary/aromatic N) is 3. The van der Waals surface area contributed by atoms with Crippen molar-refractivity contribution in [3.05, 3.63) is 51.9 Å². The number of anilines is 1. The van der Waals surface area contributed by atoms with Crippen LogP contribution in [-0.2, 0) is 6.42 Å². The average Bonchev–Trinajstić information content (AvgIpc) is 2.80. The van der Waals surface area contributed by atoms with Gasteiger partial charge in [-0.3, -0.25) is 4.40 Å². The van der Waals surface area contributed by atoms with Crippen molar-refractivity contribution in [2.45, 2.75) is 20.3 Å². The predicted octanol–water partition coefficient (Wildman–Crippen LogP) is 3.02. The van der Waals surface area contributed by atoms with Crippen molar-refractivity contribution in [3.63, 3.8) is 0 Å². The Hall–Kier alpha value is -2.34. The molecule has 0 fully saturated rings. The first-order valence-corrected chi connectivity index (χ1v) is 7.02. The molecule has 3 N–H and O–H groups in total. The summed E-state index contributed by atoms with van der Waals surface area (Å²) in [5.74, 6) is 0.328. The highest BCUT2D eigenvalue weighted by atomic mass is 35.5. The summed E-state index contributed by atoms with van der Waals surface area (Å²) in [5.41, 5.74) is 7.97. The number of aromatic hydroxyl groups is 1. The van der Waals surface area contributed by atoms with Gasteiger partial charge in [-0.15, -0.1) is 0 Å². The van der Waals surface area contributed by atoms with Gasteiger partial charge in [-0.25, -0.2) is 14.4 Å². The minimum absolute atomic E-state index is 0.0240. The van der Waals surface area contributed by atoms with E-state index in [4.69, 9.17) is 17.3 Å². The quantitative estimate of drug-likeness (QED) is 0.761. The fourth-order valence-corrected chi connectivity index (χ4v) is 2.83. The molecule has 0 saturated heterocycles. The highest BCUT2D eigenvalue weighted by Gasteiger charge is 2.17. The number of imidazole rings is 1. The molecule has 0 aliphatic heterocycles. The number of fused-ring (bicyclic) bond motifs is 1. The average molecular weight is 321 g/mol. The van der Waals surface area contributed by atoms with E-state index in [1.807, 2.05) is 11.3 Å². The van der Waals surface area contributed by atoms with Crippen molar-refractivity contribution in [3.8, 4) is 5.75 Å². The Morgan fingerprint density at radius 3 is 2.86 bits per heavy atom. The molecule has 5 nitrogen and oxygen atoms in total. The van der Waals surface area contributed by atoms with Crippen LogP contribution in [0.2, 0.25) is 5.02 Å². The Balaban J connectivity index is 2.14. The zero-order chi connectivity index (χ0) is 16.0. The van der Waals surface area contributed by atoms with Crippen LogP contribution in [0.3, 0.4) is 0 Å². The van der Waals surface area contributed by atoms with Crippen molar-refractivity contribution >= 4 is 22.9 Å². The summed E-state index contributed by atoms with van der Waals surface area (Å²) in [7, 11) is 0. The van der Waals surface area contributed by atoms with E-state index in [1.54, 1.807) is 12.4 Å². The number of phenolic OH excluding ortho intramolecular Hbond substituents is 1. The third-order valence-electron chi connectivity index (χ3n) is 3.68. The SMILES string of the molecule is Cc1c(O)c(Cc2nc(C)c3c(N)nccn23)cc(Cl)c1F. The van der Waals surface area contributed by atoms with Crippen molar-refractivity contribution < 1.29 is 9.50 Å². The second-order valence-electron chi connectivity index (χ2n) is 5.13. The lowest BCUT2D eigenvalue weighted by Gasteiger charge is -2.09. The number of halogens is 2. The van der Waals surface area contributed by atoms with Crippen molar-refractivity contribution in [2.24, 2.45) is 0 Å². The number of nitrogen functional groups attached to an aromatic ring is 1. The normalized spacial score (nSPS) is 11.3. The van der Waals surface area contributed by atoms with Gasteiger partial charge >= 0.3 is 0 Å². The van der Waals surface area contributed by atoms with E-state index in [1.165, 1.54) is 13.0 Å². The van der Waals surface area contributed by atoms with E-state index in [-0.39, 0.29) is 16.3 Å². The first-order valence-electron chi connectivity index (χ1n) is 6.64. The summed E-state index contributed by atoms with van der Waals surface area (Å²) in [6.45, 7) is 3.32. The van der Waals surface area contributed by atoms with E-state index in [9.17, 15) is 9.50 Å². The largest absolute Gasteiger partial charge is 0.507 e. The number of hydrogen-bond donors (Lipinski definition) is 2. The molecule has 0 aliphatic carbocycles. The van der Waals surface area contributed by atoms with Gasteiger partial charge in [0.1, 0.15) is 28.7 Å². The smallest absolute Gasteiger partial charge is 0.149 e. The molecule has 3 rings (SSSR count). The zero-order valence-corrected chi connectivity index (χ0v) is 12.8. The number of aromatic nitrogens is 3. The molecule has 0 unspecified atom stereocenters. The van der Waals surface area contributed by atoms with Crippen LogP contribution in [0.15, 0.2) is 18.5 Å². The summed E-state index contributed by atoms with van der Waals surface area (Å²) in [4.78, 5) is 8.51. The summed E-state index contributed by atoms with van der Waals surface area (Å²) in [5, 5.41) is 10.1. The van der Waals surface area contributed by atoms with Crippen LogP contribution in [0.5, 0.6) is 5.75 Å². The Kier molecular flexibility index (Phi) is 3.41. The molecule has 114 valence electrons. The van der Waals surface area contributed by atoms with Gasteiger partial charge in [-0.1, -0.05) is 11.6 Å². The molecule has 7 heteroatoms. The molecule has 0 spiro atoms. The highest BCUT2D eigenvalue weighted by molar-refractivity contribution is 6.31. The van der Waals surface area contributed by atoms with Crippen molar-refractivity contribution in [2.75, 3.05) is 5.73 Å². The van der Waals surface area contributed by atoms with Gasteiger partial charge in [0.2, 0.25) is 0 Å².